The Hall–Kier alpha value is -3.79. The number of rotatable bonds is 9. The first-order chi connectivity index (χ1) is 14.2. The van der Waals surface area contributed by atoms with Gasteiger partial charge in [0.25, 0.3) is 11.6 Å². The third kappa shape index (κ3) is 5.61. The zero-order valence-corrected chi connectivity index (χ0v) is 16.4. The molecule has 0 spiro atoms. The monoisotopic (exact) mass is 415 g/mol. The van der Waals surface area contributed by atoms with E-state index in [-0.39, 0.29) is 41.6 Å². The second-order valence-electron chi connectivity index (χ2n) is 6.28. The number of esters is 1. The van der Waals surface area contributed by atoms with Crippen LogP contribution in [0.25, 0.3) is 0 Å². The van der Waals surface area contributed by atoms with Crippen LogP contribution >= 0.6 is 0 Å². The number of nitrogens with one attached hydrogen (secondary N) is 2. The maximum atomic E-state index is 12.6. The lowest BCUT2D eigenvalue weighted by Gasteiger charge is -2.16. The number of nitrogens with zero attached hydrogens (tertiary/aromatic N) is 1. The number of ketones is 1. The number of nitro groups is 1. The molecule has 1 amide bonds. The van der Waals surface area contributed by atoms with Crippen molar-refractivity contribution in [3.8, 4) is 0 Å². The molecule has 0 fully saturated rings. The number of carbonyl (C=O) groups is 3. The zero-order chi connectivity index (χ0) is 22.3. The summed E-state index contributed by atoms with van der Waals surface area (Å²) in [7, 11) is 0. The van der Waals surface area contributed by atoms with Gasteiger partial charge in [-0.15, -0.1) is 0 Å². The van der Waals surface area contributed by atoms with Crippen LogP contribution in [-0.4, -0.2) is 46.9 Å². The van der Waals surface area contributed by atoms with Crippen LogP contribution in [0.4, 0.5) is 17.1 Å². The van der Waals surface area contributed by atoms with Crippen LogP contribution in [0.1, 0.15) is 34.6 Å². The Kier molecular flexibility index (Phi) is 7.59. The highest BCUT2D eigenvalue weighted by Crippen LogP contribution is 2.24. The Labute approximate surface area is 172 Å². The van der Waals surface area contributed by atoms with Gasteiger partial charge in [-0.2, -0.15) is 0 Å². The van der Waals surface area contributed by atoms with Crippen LogP contribution in [0, 0.1) is 10.1 Å². The number of aliphatic hydroxyl groups excluding tert-OH is 1. The number of aliphatic hydroxyl groups is 1. The third-order valence-corrected chi connectivity index (χ3v) is 4.08. The lowest BCUT2D eigenvalue weighted by Crippen LogP contribution is -2.30. The van der Waals surface area contributed by atoms with E-state index in [1.54, 1.807) is 24.3 Å². The molecule has 2 aromatic rings. The zero-order valence-electron chi connectivity index (χ0n) is 16.4. The highest BCUT2D eigenvalue weighted by atomic mass is 16.6. The fraction of sp³-hybridized carbons (Fsp3) is 0.250. The van der Waals surface area contributed by atoms with Crippen molar-refractivity contribution in [2.24, 2.45) is 0 Å². The number of benzene rings is 2. The van der Waals surface area contributed by atoms with Crippen molar-refractivity contribution >= 4 is 34.7 Å². The average molecular weight is 415 g/mol. The van der Waals surface area contributed by atoms with E-state index in [4.69, 9.17) is 9.84 Å². The summed E-state index contributed by atoms with van der Waals surface area (Å²) in [5.41, 5.74) is 0.316. The maximum Gasteiger partial charge on any atom is 0.341 e. The van der Waals surface area contributed by atoms with Crippen LogP contribution in [0.3, 0.4) is 0 Å². The largest absolute Gasteiger partial charge is 0.449 e. The van der Waals surface area contributed by atoms with E-state index in [2.05, 4.69) is 10.6 Å². The van der Waals surface area contributed by atoms with Gasteiger partial charge in [0.2, 0.25) is 0 Å². The average Bonchev–Trinajstić information content (AvgIpc) is 2.72. The third-order valence-electron chi connectivity index (χ3n) is 4.08. The first-order valence-electron chi connectivity index (χ1n) is 8.99. The molecule has 0 heterocycles. The molecule has 0 aromatic heterocycles. The van der Waals surface area contributed by atoms with Gasteiger partial charge in [-0.25, -0.2) is 4.79 Å². The van der Waals surface area contributed by atoms with Crippen LogP contribution in [0.15, 0.2) is 42.5 Å². The number of para-hydroxylation sites is 1. The number of ether oxygens (including phenoxy) is 1. The molecule has 2 rings (SSSR count). The highest BCUT2D eigenvalue weighted by molar-refractivity contribution is 6.05. The van der Waals surface area contributed by atoms with Gasteiger partial charge in [0.05, 0.1) is 22.8 Å². The summed E-state index contributed by atoms with van der Waals surface area (Å²) in [6.45, 7) is 2.58. The lowest BCUT2D eigenvalue weighted by molar-refractivity contribution is -0.384. The molecule has 10 heteroatoms. The summed E-state index contributed by atoms with van der Waals surface area (Å²) < 4.78 is 5.17. The molecule has 0 aliphatic carbocycles. The van der Waals surface area contributed by atoms with Gasteiger partial charge in [0.1, 0.15) is 0 Å². The van der Waals surface area contributed by atoms with Crippen LogP contribution in [-0.2, 0) is 9.53 Å². The van der Waals surface area contributed by atoms with Gasteiger partial charge in [-0.1, -0.05) is 12.1 Å². The number of hydrogen-bond donors (Lipinski definition) is 3. The van der Waals surface area contributed by atoms with Crippen molar-refractivity contribution in [3.63, 3.8) is 0 Å². The Morgan fingerprint density at radius 1 is 1.13 bits per heavy atom. The normalized spacial score (nSPS) is 11.3. The maximum absolute atomic E-state index is 12.6. The summed E-state index contributed by atoms with van der Waals surface area (Å²) in [6.07, 6.45) is -1.25. The summed E-state index contributed by atoms with van der Waals surface area (Å²) in [5, 5.41) is 25.3. The van der Waals surface area contributed by atoms with Gasteiger partial charge in [0.15, 0.2) is 11.9 Å². The standard InChI is InChI=1S/C20H21N3O7/c1-12(25)15-5-3-4-6-18(15)22-19(26)13(2)30-20(27)16-11-14(23(28)29)7-8-17(16)21-9-10-24/h3-8,11,13,21,24H,9-10H2,1-2H3,(H,22,26)/t13-/m1/s1. The first kappa shape index (κ1) is 22.5. The van der Waals surface area contributed by atoms with E-state index in [0.29, 0.717) is 5.56 Å². The number of anilines is 2. The Balaban J connectivity index is 2.18. The molecule has 1 atom stereocenters. The van der Waals surface area contributed by atoms with Crippen molar-refractivity contribution in [3.05, 3.63) is 63.7 Å². The predicted molar refractivity (Wildman–Crippen MR) is 109 cm³/mol. The number of non-ortho nitro benzene ring substituents is 1. The summed E-state index contributed by atoms with van der Waals surface area (Å²) in [4.78, 5) is 47.0. The summed E-state index contributed by atoms with van der Waals surface area (Å²) in [5.74, 6) is -1.87. The van der Waals surface area contributed by atoms with Crippen molar-refractivity contribution < 1.29 is 29.2 Å². The lowest BCUT2D eigenvalue weighted by atomic mass is 10.1. The van der Waals surface area contributed by atoms with E-state index < -0.39 is 22.9 Å². The van der Waals surface area contributed by atoms with Gasteiger partial charge in [-0.05, 0) is 32.0 Å². The van der Waals surface area contributed by atoms with Crippen molar-refractivity contribution in [2.75, 3.05) is 23.8 Å². The molecular weight excluding hydrogens is 394 g/mol. The molecule has 0 radical (unpaired) electrons. The van der Waals surface area contributed by atoms with Crippen LogP contribution < -0.4 is 10.6 Å². The van der Waals surface area contributed by atoms with Crippen molar-refractivity contribution in [1.82, 2.24) is 0 Å². The molecule has 0 aliphatic heterocycles. The van der Waals surface area contributed by atoms with Gasteiger partial charge in [-0.3, -0.25) is 19.7 Å². The molecule has 0 saturated heterocycles. The second-order valence-corrected chi connectivity index (χ2v) is 6.28. The Morgan fingerprint density at radius 2 is 1.83 bits per heavy atom. The second kappa shape index (κ2) is 10.1. The number of carbonyl (C=O) groups excluding carboxylic acids is 3. The topological polar surface area (TPSA) is 148 Å². The molecule has 0 saturated carbocycles. The molecule has 30 heavy (non-hydrogen) atoms. The van der Waals surface area contributed by atoms with Crippen molar-refractivity contribution in [1.29, 1.82) is 0 Å². The quantitative estimate of drug-likeness (QED) is 0.245. The number of Topliss-reactive ketones (excluding diaryl/α,β-unsaturated/α-hetero) is 1. The minimum atomic E-state index is -1.25. The molecule has 10 nitrogen and oxygen atoms in total. The van der Waals surface area contributed by atoms with Crippen molar-refractivity contribution in [2.45, 2.75) is 20.0 Å². The number of hydrogen-bond acceptors (Lipinski definition) is 8. The molecule has 0 aliphatic rings. The number of nitro benzene ring substituents is 1. The predicted octanol–water partition coefficient (Wildman–Crippen LogP) is 2.39. The van der Waals surface area contributed by atoms with E-state index in [1.165, 1.54) is 26.0 Å². The first-order valence-corrected chi connectivity index (χ1v) is 8.99. The van der Waals surface area contributed by atoms with Gasteiger partial charge >= 0.3 is 5.97 Å². The molecule has 2 aromatic carbocycles. The van der Waals surface area contributed by atoms with E-state index in [9.17, 15) is 24.5 Å². The molecule has 3 N–H and O–H groups in total. The Morgan fingerprint density at radius 3 is 2.47 bits per heavy atom. The highest BCUT2D eigenvalue weighted by Gasteiger charge is 2.24. The molecule has 0 unspecified atom stereocenters. The van der Waals surface area contributed by atoms with E-state index in [1.807, 2.05) is 0 Å². The fourth-order valence-corrected chi connectivity index (χ4v) is 2.57. The fourth-order valence-electron chi connectivity index (χ4n) is 2.57. The molecule has 158 valence electrons. The number of amides is 1. The molecule has 0 bridgehead atoms. The summed E-state index contributed by atoms with van der Waals surface area (Å²) >= 11 is 0. The SMILES string of the molecule is CC(=O)c1ccccc1NC(=O)[C@@H](C)OC(=O)c1cc([N+](=O)[O-])ccc1NCCO. The minimum absolute atomic E-state index is 0.107. The summed E-state index contributed by atoms with van der Waals surface area (Å²) in [6, 6.07) is 9.93. The van der Waals surface area contributed by atoms with E-state index >= 15 is 0 Å². The van der Waals surface area contributed by atoms with Crippen LogP contribution in [0.5, 0.6) is 0 Å². The van der Waals surface area contributed by atoms with E-state index in [0.717, 1.165) is 6.07 Å². The minimum Gasteiger partial charge on any atom is -0.449 e. The smallest absolute Gasteiger partial charge is 0.341 e. The molecular formula is C20H21N3O7. The van der Waals surface area contributed by atoms with Gasteiger partial charge < -0.3 is 20.5 Å². The van der Waals surface area contributed by atoms with Gasteiger partial charge in [0, 0.05) is 29.9 Å². The van der Waals surface area contributed by atoms with Crippen LogP contribution in [0.2, 0.25) is 0 Å². The Bertz CT molecular complexity index is 975.